The van der Waals surface area contributed by atoms with Gasteiger partial charge >= 0.3 is 0 Å². The van der Waals surface area contributed by atoms with Gasteiger partial charge in [0.15, 0.2) is 0 Å². The molecular formula is C16H16N2O. The fourth-order valence-electron chi connectivity index (χ4n) is 1.98. The highest BCUT2D eigenvalue weighted by Crippen LogP contribution is 2.20. The lowest BCUT2D eigenvalue weighted by Crippen LogP contribution is -2.01. The first-order valence-electron chi connectivity index (χ1n) is 6.11. The number of hydrogen-bond acceptors (Lipinski definition) is 3. The van der Waals surface area contributed by atoms with E-state index in [2.05, 4.69) is 17.5 Å². The lowest BCUT2D eigenvalue weighted by molar-refractivity contribution is 0.411. The Morgan fingerprint density at radius 2 is 2.00 bits per heavy atom. The summed E-state index contributed by atoms with van der Waals surface area (Å²) < 4.78 is 5.24. The van der Waals surface area contributed by atoms with E-state index >= 15 is 0 Å². The Morgan fingerprint density at radius 1 is 1.21 bits per heavy atom. The van der Waals surface area contributed by atoms with Crippen molar-refractivity contribution in [3.8, 4) is 11.8 Å². The molecule has 0 fully saturated rings. The quantitative estimate of drug-likeness (QED) is 0.906. The number of ether oxygens (including phenoxy) is 1. The third kappa shape index (κ3) is 3.05. The number of nitrogens with one attached hydrogen (secondary N) is 1. The molecule has 3 nitrogen and oxygen atoms in total. The minimum absolute atomic E-state index is 0.660. The first kappa shape index (κ1) is 13.0. The normalized spacial score (nSPS) is 9.74. The van der Waals surface area contributed by atoms with Gasteiger partial charge in [-0.25, -0.2) is 0 Å². The summed E-state index contributed by atoms with van der Waals surface area (Å²) in [7, 11) is 1.67. The molecule has 19 heavy (non-hydrogen) atoms. The maximum absolute atomic E-state index is 9.02. The summed E-state index contributed by atoms with van der Waals surface area (Å²) in [5.74, 6) is 0.890. The van der Waals surface area contributed by atoms with Crippen molar-refractivity contribution >= 4 is 5.69 Å². The van der Waals surface area contributed by atoms with Crippen molar-refractivity contribution in [1.82, 2.24) is 0 Å². The number of para-hydroxylation sites is 1. The number of anilines is 1. The number of nitriles is 1. The largest absolute Gasteiger partial charge is 0.496 e. The maximum atomic E-state index is 9.02. The van der Waals surface area contributed by atoms with Crippen LogP contribution >= 0.6 is 0 Å². The van der Waals surface area contributed by atoms with E-state index in [1.54, 1.807) is 7.11 Å². The van der Waals surface area contributed by atoms with Gasteiger partial charge in [0.2, 0.25) is 0 Å². The van der Waals surface area contributed by atoms with Gasteiger partial charge in [0.25, 0.3) is 0 Å². The van der Waals surface area contributed by atoms with Gasteiger partial charge in [-0.05, 0) is 36.2 Å². The molecule has 0 atom stereocenters. The van der Waals surface area contributed by atoms with Gasteiger partial charge in [0.1, 0.15) is 11.8 Å². The van der Waals surface area contributed by atoms with E-state index in [1.807, 2.05) is 43.3 Å². The molecule has 0 heterocycles. The van der Waals surface area contributed by atoms with Crippen molar-refractivity contribution in [1.29, 1.82) is 5.26 Å². The zero-order valence-electron chi connectivity index (χ0n) is 11.1. The third-order valence-electron chi connectivity index (χ3n) is 2.99. The van der Waals surface area contributed by atoms with Crippen LogP contribution < -0.4 is 10.1 Å². The van der Waals surface area contributed by atoms with Crippen molar-refractivity contribution in [2.75, 3.05) is 12.4 Å². The molecule has 0 spiro atoms. The second-order valence-electron chi connectivity index (χ2n) is 4.31. The Labute approximate surface area is 113 Å². The monoisotopic (exact) mass is 252 g/mol. The van der Waals surface area contributed by atoms with Gasteiger partial charge < -0.3 is 10.1 Å². The molecule has 0 saturated heterocycles. The average molecular weight is 252 g/mol. The molecule has 0 aromatic heterocycles. The minimum Gasteiger partial charge on any atom is -0.496 e. The van der Waals surface area contributed by atoms with Gasteiger partial charge in [0.05, 0.1) is 18.4 Å². The van der Waals surface area contributed by atoms with Crippen molar-refractivity contribution in [3.63, 3.8) is 0 Å². The van der Waals surface area contributed by atoms with Gasteiger partial charge in [-0.2, -0.15) is 5.26 Å². The highest BCUT2D eigenvalue weighted by atomic mass is 16.5. The van der Waals surface area contributed by atoms with Crippen LogP contribution in [-0.2, 0) is 6.54 Å². The van der Waals surface area contributed by atoms with Crippen molar-refractivity contribution < 1.29 is 4.74 Å². The van der Waals surface area contributed by atoms with Crippen LogP contribution in [0.15, 0.2) is 42.5 Å². The molecule has 0 aliphatic carbocycles. The lowest BCUT2D eigenvalue weighted by Gasteiger charge is -2.10. The molecule has 0 radical (unpaired) electrons. The molecule has 0 aliphatic rings. The zero-order valence-corrected chi connectivity index (χ0v) is 11.1. The number of nitrogens with zero attached hydrogens (tertiary/aromatic N) is 1. The molecule has 2 rings (SSSR count). The predicted octanol–water partition coefficient (Wildman–Crippen LogP) is 3.49. The summed E-state index contributed by atoms with van der Waals surface area (Å²) in [4.78, 5) is 0. The summed E-state index contributed by atoms with van der Waals surface area (Å²) in [6.07, 6.45) is 0. The molecule has 96 valence electrons. The van der Waals surface area contributed by atoms with E-state index in [1.165, 1.54) is 0 Å². The van der Waals surface area contributed by atoms with E-state index in [0.717, 1.165) is 22.6 Å². The number of hydrogen-bond donors (Lipinski definition) is 1. The van der Waals surface area contributed by atoms with Crippen LogP contribution in [0.3, 0.4) is 0 Å². The Balaban J connectivity index is 2.11. The highest BCUT2D eigenvalue weighted by Gasteiger charge is 2.02. The Morgan fingerprint density at radius 3 is 2.68 bits per heavy atom. The van der Waals surface area contributed by atoms with Crippen molar-refractivity contribution in [3.05, 3.63) is 59.2 Å². The Kier molecular flexibility index (Phi) is 4.04. The summed E-state index contributed by atoms with van der Waals surface area (Å²) in [5, 5.41) is 12.3. The van der Waals surface area contributed by atoms with Crippen LogP contribution in [0.1, 0.15) is 16.7 Å². The number of aryl methyl sites for hydroxylation is 1. The van der Waals surface area contributed by atoms with Gasteiger partial charge in [0, 0.05) is 6.54 Å². The minimum atomic E-state index is 0.660. The van der Waals surface area contributed by atoms with E-state index in [-0.39, 0.29) is 0 Å². The van der Waals surface area contributed by atoms with E-state index in [4.69, 9.17) is 10.00 Å². The summed E-state index contributed by atoms with van der Waals surface area (Å²) in [6.45, 7) is 2.70. The van der Waals surface area contributed by atoms with Crippen LogP contribution in [0.5, 0.6) is 5.75 Å². The second-order valence-corrected chi connectivity index (χ2v) is 4.31. The molecule has 0 unspecified atom stereocenters. The Hall–Kier alpha value is -2.47. The topological polar surface area (TPSA) is 45.0 Å². The van der Waals surface area contributed by atoms with Crippen molar-refractivity contribution in [2.24, 2.45) is 0 Å². The van der Waals surface area contributed by atoms with E-state index in [0.29, 0.717) is 12.1 Å². The lowest BCUT2D eigenvalue weighted by atomic mass is 10.1. The molecule has 3 heteroatoms. The predicted molar refractivity (Wildman–Crippen MR) is 76.2 cm³/mol. The van der Waals surface area contributed by atoms with Crippen LogP contribution in [0, 0.1) is 18.3 Å². The number of methoxy groups -OCH3 is 1. The number of benzene rings is 2. The Bertz CT molecular complexity index is 614. The SMILES string of the molecule is COc1ccc(CNc2ccccc2C#N)cc1C. The van der Waals surface area contributed by atoms with Crippen LogP contribution in [0.2, 0.25) is 0 Å². The third-order valence-corrected chi connectivity index (χ3v) is 2.99. The molecular weight excluding hydrogens is 236 g/mol. The van der Waals surface area contributed by atoms with E-state index < -0.39 is 0 Å². The van der Waals surface area contributed by atoms with Crippen LogP contribution in [0.25, 0.3) is 0 Å². The molecule has 0 bridgehead atoms. The maximum Gasteiger partial charge on any atom is 0.121 e. The van der Waals surface area contributed by atoms with Gasteiger partial charge in [-0.3, -0.25) is 0 Å². The highest BCUT2D eigenvalue weighted by molar-refractivity contribution is 5.57. The molecule has 2 aromatic rings. The molecule has 0 amide bonds. The molecule has 1 N–H and O–H groups in total. The summed E-state index contributed by atoms with van der Waals surface area (Å²) in [6, 6.07) is 15.7. The second kappa shape index (κ2) is 5.92. The average Bonchev–Trinajstić information content (AvgIpc) is 2.45. The van der Waals surface area contributed by atoms with Crippen LogP contribution in [0.4, 0.5) is 5.69 Å². The standard InChI is InChI=1S/C16H16N2O/c1-12-9-13(7-8-16(12)19-2)11-18-15-6-4-3-5-14(15)10-17/h3-9,18H,11H2,1-2H3. The van der Waals surface area contributed by atoms with Crippen LogP contribution in [-0.4, -0.2) is 7.11 Å². The van der Waals surface area contributed by atoms with Gasteiger partial charge in [-0.1, -0.05) is 24.3 Å². The van der Waals surface area contributed by atoms with E-state index in [9.17, 15) is 0 Å². The van der Waals surface area contributed by atoms with Crippen molar-refractivity contribution in [2.45, 2.75) is 13.5 Å². The fraction of sp³-hybridized carbons (Fsp3) is 0.188. The molecule has 0 aliphatic heterocycles. The first-order chi connectivity index (χ1) is 9.24. The smallest absolute Gasteiger partial charge is 0.121 e. The summed E-state index contributed by atoms with van der Waals surface area (Å²) in [5.41, 5.74) is 3.78. The van der Waals surface area contributed by atoms with Gasteiger partial charge in [-0.15, -0.1) is 0 Å². The number of rotatable bonds is 4. The molecule has 2 aromatic carbocycles. The summed E-state index contributed by atoms with van der Waals surface area (Å²) >= 11 is 0. The first-order valence-corrected chi connectivity index (χ1v) is 6.11. The zero-order chi connectivity index (χ0) is 13.7. The molecule has 0 saturated carbocycles. The fourth-order valence-corrected chi connectivity index (χ4v) is 1.98.